The lowest BCUT2D eigenvalue weighted by molar-refractivity contribution is 0.534. The standard InChI is InChI=1S/C20H24N2O4S4/c23-29(24,15-17-7-3-1-4-8-17)21(19-11-12-19)27-28-22(20-13-14-20)30(25,26)16-18-9-5-2-6-10-18/h1-10,19-20H,11-16H2. The zero-order chi connectivity index (χ0) is 21.2. The minimum absolute atomic E-state index is 0.0610. The summed E-state index contributed by atoms with van der Waals surface area (Å²) in [4.78, 5) is 0. The molecule has 6 nitrogen and oxygen atoms in total. The van der Waals surface area contributed by atoms with Crippen LogP contribution in [0.15, 0.2) is 60.7 Å². The molecule has 0 amide bonds. The molecule has 0 N–H and O–H groups in total. The van der Waals surface area contributed by atoms with Gasteiger partial charge in [0.15, 0.2) is 0 Å². The smallest absolute Gasteiger partial charge is 0.211 e. The van der Waals surface area contributed by atoms with E-state index in [4.69, 9.17) is 0 Å². The second-order valence-electron chi connectivity index (χ2n) is 7.61. The number of hydrogen-bond acceptors (Lipinski definition) is 6. The summed E-state index contributed by atoms with van der Waals surface area (Å²) in [6, 6.07) is 18.0. The maximum Gasteiger partial charge on any atom is 0.228 e. The van der Waals surface area contributed by atoms with E-state index in [1.165, 1.54) is 7.42 Å². The molecule has 0 unspecified atom stereocenters. The molecule has 30 heavy (non-hydrogen) atoms. The summed E-state index contributed by atoms with van der Waals surface area (Å²) in [6.07, 6.45) is 3.23. The third-order valence-electron chi connectivity index (χ3n) is 4.80. The molecule has 0 saturated heterocycles. The van der Waals surface area contributed by atoms with Crippen LogP contribution in [0.3, 0.4) is 0 Å². The van der Waals surface area contributed by atoms with Crippen molar-refractivity contribution in [2.75, 3.05) is 0 Å². The first-order chi connectivity index (χ1) is 14.4. The molecule has 2 aromatic rings. The van der Waals surface area contributed by atoms with Gasteiger partial charge in [0.25, 0.3) is 0 Å². The van der Waals surface area contributed by atoms with E-state index in [9.17, 15) is 16.8 Å². The van der Waals surface area contributed by atoms with Crippen LogP contribution in [0.4, 0.5) is 0 Å². The van der Waals surface area contributed by atoms with Gasteiger partial charge in [-0.2, -0.15) is 0 Å². The molecular weight excluding hydrogens is 460 g/mol. The Balaban J connectivity index is 1.47. The van der Waals surface area contributed by atoms with Crippen molar-refractivity contribution in [1.82, 2.24) is 7.42 Å². The summed E-state index contributed by atoms with van der Waals surface area (Å²) >= 11 is 0. The summed E-state index contributed by atoms with van der Waals surface area (Å²) in [5.74, 6) is -0.170. The summed E-state index contributed by atoms with van der Waals surface area (Å²) in [5.41, 5.74) is 1.45. The second-order valence-corrected chi connectivity index (χ2v) is 13.7. The Bertz CT molecular complexity index is 967. The highest BCUT2D eigenvalue weighted by Crippen LogP contribution is 2.47. The van der Waals surface area contributed by atoms with Gasteiger partial charge in [0, 0.05) is 34.0 Å². The van der Waals surface area contributed by atoms with Gasteiger partial charge in [0.2, 0.25) is 20.0 Å². The van der Waals surface area contributed by atoms with E-state index in [0.29, 0.717) is 0 Å². The Labute approximate surface area is 186 Å². The van der Waals surface area contributed by atoms with Crippen LogP contribution in [0.5, 0.6) is 0 Å². The molecule has 0 heterocycles. The van der Waals surface area contributed by atoms with E-state index in [1.54, 1.807) is 24.3 Å². The lowest BCUT2D eigenvalue weighted by Crippen LogP contribution is -2.31. The van der Waals surface area contributed by atoms with Crippen molar-refractivity contribution < 1.29 is 16.8 Å². The van der Waals surface area contributed by atoms with Crippen LogP contribution in [0, 0.1) is 0 Å². The van der Waals surface area contributed by atoms with Gasteiger partial charge in [-0.1, -0.05) is 60.7 Å². The van der Waals surface area contributed by atoms with Gasteiger partial charge in [-0.15, -0.1) is 7.42 Å². The van der Waals surface area contributed by atoms with E-state index in [1.807, 2.05) is 36.4 Å². The van der Waals surface area contributed by atoms with Crippen LogP contribution in [0.25, 0.3) is 0 Å². The number of nitrogens with zero attached hydrogens (tertiary/aromatic N) is 2. The van der Waals surface area contributed by atoms with Gasteiger partial charge in [0.05, 0.1) is 11.5 Å². The number of rotatable bonds is 11. The first-order valence-corrected chi connectivity index (χ1v) is 15.1. The normalized spacial score (nSPS) is 17.5. The molecule has 0 spiro atoms. The quantitative estimate of drug-likeness (QED) is 0.352. The minimum atomic E-state index is -3.56. The molecule has 0 aromatic heterocycles. The minimum Gasteiger partial charge on any atom is -0.211 e. The van der Waals surface area contributed by atoms with Gasteiger partial charge < -0.3 is 0 Å². The largest absolute Gasteiger partial charge is 0.228 e. The lowest BCUT2D eigenvalue weighted by atomic mass is 10.2. The third kappa shape index (κ3) is 5.80. The average Bonchev–Trinajstić information content (AvgIpc) is 3.60. The molecule has 2 fully saturated rings. The van der Waals surface area contributed by atoms with Crippen LogP contribution in [-0.4, -0.2) is 36.3 Å². The van der Waals surface area contributed by atoms with Crippen molar-refractivity contribution in [3.63, 3.8) is 0 Å². The Morgan fingerprint density at radius 3 is 1.27 bits per heavy atom. The third-order valence-corrected chi connectivity index (χ3v) is 12.4. The zero-order valence-electron chi connectivity index (χ0n) is 16.3. The van der Waals surface area contributed by atoms with Crippen molar-refractivity contribution in [2.24, 2.45) is 0 Å². The summed E-state index contributed by atoms with van der Waals surface area (Å²) in [6.45, 7) is 0. The number of sulfonamides is 2. The van der Waals surface area contributed by atoms with Crippen molar-refractivity contribution in [2.45, 2.75) is 49.3 Å². The fraction of sp³-hybridized carbons (Fsp3) is 0.400. The van der Waals surface area contributed by atoms with E-state index in [0.717, 1.165) is 58.8 Å². The Kier molecular flexibility index (Phi) is 6.81. The monoisotopic (exact) mass is 484 g/mol. The second kappa shape index (κ2) is 9.22. The molecule has 2 saturated carbocycles. The molecule has 0 atom stereocenters. The summed E-state index contributed by atoms with van der Waals surface area (Å²) in [7, 11) is -5.05. The molecule has 2 aromatic carbocycles. The fourth-order valence-electron chi connectivity index (χ4n) is 3.00. The molecule has 0 radical (unpaired) electrons. The first kappa shape index (κ1) is 22.2. The van der Waals surface area contributed by atoms with Gasteiger partial charge in [-0.3, -0.25) is 0 Å². The summed E-state index contributed by atoms with van der Waals surface area (Å²) in [5, 5.41) is 0. The van der Waals surface area contributed by atoms with E-state index in [-0.39, 0.29) is 23.6 Å². The molecule has 10 heteroatoms. The SMILES string of the molecule is O=S(=O)(Cc1ccccc1)N(SSN(C1CC1)S(=O)(=O)Cc1ccccc1)C1CC1. The Morgan fingerprint density at radius 2 is 0.967 bits per heavy atom. The van der Waals surface area contributed by atoms with E-state index in [2.05, 4.69) is 0 Å². The molecule has 2 aliphatic rings. The van der Waals surface area contributed by atoms with Gasteiger partial charge in [-0.05, 0) is 36.8 Å². The van der Waals surface area contributed by atoms with Crippen LogP contribution < -0.4 is 0 Å². The molecule has 0 bridgehead atoms. The van der Waals surface area contributed by atoms with Crippen LogP contribution in [0.1, 0.15) is 36.8 Å². The highest BCUT2D eigenvalue weighted by Gasteiger charge is 2.43. The van der Waals surface area contributed by atoms with Crippen molar-refractivity contribution in [3.05, 3.63) is 71.8 Å². The first-order valence-electron chi connectivity index (χ1n) is 9.82. The van der Waals surface area contributed by atoms with Crippen LogP contribution in [0.2, 0.25) is 0 Å². The molecule has 0 aliphatic heterocycles. The van der Waals surface area contributed by atoms with Crippen LogP contribution in [-0.2, 0) is 31.6 Å². The van der Waals surface area contributed by atoms with E-state index < -0.39 is 20.0 Å². The Hall–Kier alpha value is -1.04. The predicted octanol–water partition coefficient (Wildman–Crippen LogP) is 4.19. The fourth-order valence-corrected chi connectivity index (χ4v) is 11.0. The summed E-state index contributed by atoms with van der Waals surface area (Å²) < 4.78 is 55.0. The van der Waals surface area contributed by atoms with Crippen LogP contribution >= 0.6 is 22.0 Å². The molecule has 2 aliphatic carbocycles. The number of hydrogen-bond donors (Lipinski definition) is 0. The van der Waals surface area contributed by atoms with Crippen molar-refractivity contribution in [1.29, 1.82) is 0 Å². The molecular formula is C20H24N2O4S4. The van der Waals surface area contributed by atoms with Gasteiger partial charge >= 0.3 is 0 Å². The Morgan fingerprint density at radius 1 is 0.633 bits per heavy atom. The topological polar surface area (TPSA) is 74.8 Å². The maximum atomic E-state index is 13.0. The predicted molar refractivity (Wildman–Crippen MR) is 123 cm³/mol. The maximum absolute atomic E-state index is 13.0. The van der Waals surface area contributed by atoms with Gasteiger partial charge in [0.1, 0.15) is 0 Å². The molecule has 162 valence electrons. The van der Waals surface area contributed by atoms with Crippen molar-refractivity contribution >= 4 is 42.0 Å². The van der Waals surface area contributed by atoms with Crippen molar-refractivity contribution in [3.8, 4) is 0 Å². The highest BCUT2D eigenvalue weighted by atomic mass is 33.1. The highest BCUT2D eigenvalue weighted by molar-refractivity contribution is 8.76. The van der Waals surface area contributed by atoms with Gasteiger partial charge in [-0.25, -0.2) is 16.8 Å². The van der Waals surface area contributed by atoms with E-state index >= 15 is 0 Å². The average molecular weight is 485 g/mol. The lowest BCUT2D eigenvalue weighted by Gasteiger charge is -2.24. The zero-order valence-corrected chi connectivity index (χ0v) is 19.6. The number of benzene rings is 2. The molecule has 4 rings (SSSR count).